The SMILES string of the molecule is CC1(C)C2CCC(CN)(CC(=O)O)[C@@H]21. The van der Waals surface area contributed by atoms with Crippen LogP contribution in [0.4, 0.5) is 0 Å². The number of carboxylic acid groups (broad SMARTS) is 1. The average molecular weight is 197 g/mol. The third kappa shape index (κ3) is 1.11. The van der Waals surface area contributed by atoms with Gasteiger partial charge in [0, 0.05) is 0 Å². The highest BCUT2D eigenvalue weighted by Crippen LogP contribution is 2.74. The van der Waals surface area contributed by atoms with Crippen LogP contribution in [0.2, 0.25) is 0 Å². The number of carboxylic acids is 1. The molecule has 0 amide bonds. The topological polar surface area (TPSA) is 63.3 Å². The quantitative estimate of drug-likeness (QED) is 0.720. The number of hydrogen-bond donors (Lipinski definition) is 2. The van der Waals surface area contributed by atoms with Crippen LogP contribution >= 0.6 is 0 Å². The van der Waals surface area contributed by atoms with Gasteiger partial charge >= 0.3 is 5.97 Å². The van der Waals surface area contributed by atoms with Crippen LogP contribution in [0.15, 0.2) is 0 Å². The van der Waals surface area contributed by atoms with Crippen molar-refractivity contribution in [3.8, 4) is 0 Å². The minimum absolute atomic E-state index is 0.0972. The zero-order valence-electron chi connectivity index (χ0n) is 8.92. The summed E-state index contributed by atoms with van der Waals surface area (Å²) in [6.45, 7) is 5.02. The minimum Gasteiger partial charge on any atom is -0.481 e. The summed E-state index contributed by atoms with van der Waals surface area (Å²) in [7, 11) is 0. The number of rotatable bonds is 3. The minimum atomic E-state index is -0.696. The summed E-state index contributed by atoms with van der Waals surface area (Å²) in [5.74, 6) is 0.584. The summed E-state index contributed by atoms with van der Waals surface area (Å²) in [5.41, 5.74) is 6.04. The van der Waals surface area contributed by atoms with Crippen molar-refractivity contribution in [3.63, 3.8) is 0 Å². The molecule has 0 radical (unpaired) electrons. The van der Waals surface area contributed by atoms with Crippen molar-refractivity contribution in [2.45, 2.75) is 33.1 Å². The number of hydrogen-bond acceptors (Lipinski definition) is 2. The molecule has 2 unspecified atom stereocenters. The van der Waals surface area contributed by atoms with Gasteiger partial charge < -0.3 is 10.8 Å². The van der Waals surface area contributed by atoms with Crippen LogP contribution in [0.3, 0.4) is 0 Å². The molecular weight excluding hydrogens is 178 g/mol. The van der Waals surface area contributed by atoms with Crippen LogP contribution in [-0.2, 0) is 4.79 Å². The van der Waals surface area contributed by atoms with Gasteiger partial charge in [-0.2, -0.15) is 0 Å². The largest absolute Gasteiger partial charge is 0.481 e. The Balaban J connectivity index is 2.18. The third-order valence-electron chi connectivity index (χ3n) is 4.57. The zero-order valence-corrected chi connectivity index (χ0v) is 8.92. The van der Waals surface area contributed by atoms with Gasteiger partial charge in [-0.3, -0.25) is 4.79 Å². The fourth-order valence-electron chi connectivity index (χ4n) is 3.90. The number of aliphatic carboxylic acids is 1. The molecule has 3 heteroatoms. The van der Waals surface area contributed by atoms with Gasteiger partial charge in [0.2, 0.25) is 0 Å². The molecule has 0 aromatic heterocycles. The molecule has 3 nitrogen and oxygen atoms in total. The summed E-state index contributed by atoms with van der Waals surface area (Å²) >= 11 is 0. The maximum absolute atomic E-state index is 10.8. The van der Waals surface area contributed by atoms with Crippen LogP contribution < -0.4 is 5.73 Å². The van der Waals surface area contributed by atoms with Crippen LogP contribution in [-0.4, -0.2) is 17.6 Å². The van der Waals surface area contributed by atoms with Gasteiger partial charge in [-0.1, -0.05) is 13.8 Å². The van der Waals surface area contributed by atoms with Gasteiger partial charge in [-0.25, -0.2) is 0 Å². The van der Waals surface area contributed by atoms with E-state index in [2.05, 4.69) is 13.8 Å². The van der Waals surface area contributed by atoms with Gasteiger partial charge in [-0.05, 0) is 42.1 Å². The lowest BCUT2D eigenvalue weighted by Gasteiger charge is -2.31. The Morgan fingerprint density at radius 3 is 2.57 bits per heavy atom. The van der Waals surface area contributed by atoms with E-state index in [1.807, 2.05) is 0 Å². The highest BCUT2D eigenvalue weighted by molar-refractivity contribution is 5.68. The maximum atomic E-state index is 10.8. The molecular formula is C11H19NO2. The Morgan fingerprint density at radius 1 is 1.57 bits per heavy atom. The number of fused-ring (bicyclic) bond motifs is 1. The van der Waals surface area contributed by atoms with Gasteiger partial charge in [0.05, 0.1) is 6.42 Å². The first kappa shape index (κ1) is 9.97. The molecule has 2 saturated carbocycles. The first-order valence-electron chi connectivity index (χ1n) is 5.36. The normalized spacial score (nSPS) is 43.4. The second-order valence-electron chi connectivity index (χ2n) is 5.58. The number of nitrogens with two attached hydrogens (primary N) is 1. The first-order valence-corrected chi connectivity index (χ1v) is 5.36. The Bertz CT molecular complexity index is 274. The average Bonchev–Trinajstić information content (AvgIpc) is 2.48. The molecule has 0 aromatic carbocycles. The van der Waals surface area contributed by atoms with Crippen molar-refractivity contribution in [2.75, 3.05) is 6.54 Å². The van der Waals surface area contributed by atoms with E-state index in [-0.39, 0.29) is 11.8 Å². The summed E-state index contributed by atoms with van der Waals surface area (Å²) in [5, 5.41) is 8.92. The van der Waals surface area contributed by atoms with Crippen molar-refractivity contribution in [1.29, 1.82) is 0 Å². The molecule has 0 spiro atoms. The second kappa shape index (κ2) is 2.72. The molecule has 0 saturated heterocycles. The lowest BCUT2D eigenvalue weighted by molar-refractivity contribution is -0.140. The van der Waals surface area contributed by atoms with Gasteiger partial charge in [-0.15, -0.1) is 0 Å². The first-order chi connectivity index (χ1) is 6.44. The Hall–Kier alpha value is -0.570. The monoisotopic (exact) mass is 197 g/mol. The number of carbonyl (C=O) groups is 1. The van der Waals surface area contributed by atoms with Crippen molar-refractivity contribution in [3.05, 3.63) is 0 Å². The molecule has 2 fully saturated rings. The van der Waals surface area contributed by atoms with Crippen molar-refractivity contribution in [2.24, 2.45) is 28.4 Å². The van der Waals surface area contributed by atoms with Crippen molar-refractivity contribution < 1.29 is 9.90 Å². The molecule has 0 bridgehead atoms. The molecule has 2 aliphatic rings. The molecule has 14 heavy (non-hydrogen) atoms. The highest BCUT2D eigenvalue weighted by Gasteiger charge is 2.69. The second-order valence-corrected chi connectivity index (χ2v) is 5.58. The van der Waals surface area contributed by atoms with Gasteiger partial charge in [0.1, 0.15) is 0 Å². The Labute approximate surface area is 84.7 Å². The predicted molar refractivity (Wildman–Crippen MR) is 53.7 cm³/mol. The summed E-state index contributed by atoms with van der Waals surface area (Å²) < 4.78 is 0. The third-order valence-corrected chi connectivity index (χ3v) is 4.57. The lowest BCUT2D eigenvalue weighted by atomic mass is 9.75. The Morgan fingerprint density at radius 2 is 2.21 bits per heavy atom. The molecule has 3 N–H and O–H groups in total. The van der Waals surface area contributed by atoms with E-state index in [9.17, 15) is 4.79 Å². The van der Waals surface area contributed by atoms with E-state index in [0.29, 0.717) is 17.9 Å². The molecule has 0 aromatic rings. The fourth-order valence-corrected chi connectivity index (χ4v) is 3.90. The van der Waals surface area contributed by atoms with Crippen LogP contribution in [0.5, 0.6) is 0 Å². The maximum Gasteiger partial charge on any atom is 0.303 e. The van der Waals surface area contributed by atoms with E-state index >= 15 is 0 Å². The standard InChI is InChI=1S/C11H19NO2/c1-10(2)7-3-4-11(6-12,9(7)10)5-8(13)14/h7,9H,3-6,12H2,1-2H3,(H,13,14)/t7?,9-,11?/m0/s1. The molecule has 3 atom stereocenters. The van der Waals surface area contributed by atoms with E-state index in [4.69, 9.17) is 10.8 Å². The van der Waals surface area contributed by atoms with Crippen molar-refractivity contribution >= 4 is 5.97 Å². The van der Waals surface area contributed by atoms with Crippen LogP contribution in [0.1, 0.15) is 33.1 Å². The molecule has 0 aliphatic heterocycles. The molecule has 2 rings (SSSR count). The molecule has 2 aliphatic carbocycles. The van der Waals surface area contributed by atoms with E-state index in [0.717, 1.165) is 12.3 Å². The van der Waals surface area contributed by atoms with Gasteiger partial charge in [0.15, 0.2) is 0 Å². The van der Waals surface area contributed by atoms with E-state index in [1.54, 1.807) is 0 Å². The van der Waals surface area contributed by atoms with Gasteiger partial charge in [0.25, 0.3) is 0 Å². The predicted octanol–water partition coefficient (Wildman–Crippen LogP) is 1.47. The van der Waals surface area contributed by atoms with Crippen molar-refractivity contribution in [1.82, 2.24) is 0 Å². The summed E-state index contributed by atoms with van der Waals surface area (Å²) in [6.07, 6.45) is 2.44. The summed E-state index contributed by atoms with van der Waals surface area (Å²) in [6, 6.07) is 0. The lowest BCUT2D eigenvalue weighted by Crippen LogP contribution is -2.35. The zero-order chi connectivity index (χ0) is 10.6. The fraction of sp³-hybridized carbons (Fsp3) is 0.909. The van der Waals surface area contributed by atoms with E-state index in [1.165, 1.54) is 6.42 Å². The van der Waals surface area contributed by atoms with Crippen LogP contribution in [0.25, 0.3) is 0 Å². The smallest absolute Gasteiger partial charge is 0.303 e. The highest BCUT2D eigenvalue weighted by atomic mass is 16.4. The molecule has 80 valence electrons. The van der Waals surface area contributed by atoms with E-state index < -0.39 is 5.97 Å². The Kier molecular flexibility index (Phi) is 1.94. The summed E-state index contributed by atoms with van der Waals surface area (Å²) in [4.78, 5) is 10.8. The van der Waals surface area contributed by atoms with Crippen LogP contribution in [0, 0.1) is 22.7 Å². The molecule has 0 heterocycles.